The molecule has 4 heterocycles. The maximum Gasteiger partial charge on any atom is 0.186 e. The third kappa shape index (κ3) is 3.53. The van der Waals surface area contributed by atoms with Gasteiger partial charge < -0.3 is 0 Å². The second kappa shape index (κ2) is 7.77. The third-order valence-corrected chi connectivity index (χ3v) is 5.09. The number of carbonyl (C=O) groups is 1. The zero-order chi connectivity index (χ0) is 22.2. The van der Waals surface area contributed by atoms with E-state index >= 15 is 0 Å². The second-order valence-corrected chi connectivity index (χ2v) is 7.24. The molecular weight excluding hydrogens is 414 g/mol. The van der Waals surface area contributed by atoms with Crippen molar-refractivity contribution in [3.8, 4) is 22.6 Å². The molecule has 0 aliphatic heterocycles. The second-order valence-electron chi connectivity index (χ2n) is 7.24. The zero-order valence-corrected chi connectivity index (χ0v) is 16.9. The molecule has 0 aliphatic rings. The van der Waals surface area contributed by atoms with Crippen molar-refractivity contribution in [3.05, 3.63) is 90.0 Å². The molecule has 0 spiro atoms. The van der Waals surface area contributed by atoms with Crippen LogP contribution in [0.15, 0.2) is 67.1 Å². The Bertz CT molecular complexity index is 1460. The van der Waals surface area contributed by atoms with Crippen molar-refractivity contribution in [1.29, 1.82) is 0 Å². The number of rotatable bonds is 5. The molecule has 1 aromatic carbocycles. The number of ketones is 1. The van der Waals surface area contributed by atoms with Gasteiger partial charge >= 0.3 is 0 Å². The van der Waals surface area contributed by atoms with Gasteiger partial charge in [0, 0.05) is 42.4 Å². The summed E-state index contributed by atoms with van der Waals surface area (Å²) >= 11 is 0. The number of aryl methyl sites for hydroxylation is 1. The van der Waals surface area contributed by atoms with Crippen molar-refractivity contribution in [2.45, 2.75) is 6.42 Å². The highest BCUT2D eigenvalue weighted by Crippen LogP contribution is 2.24. The van der Waals surface area contributed by atoms with Gasteiger partial charge in [0.05, 0.1) is 18.1 Å². The van der Waals surface area contributed by atoms with Gasteiger partial charge in [0.2, 0.25) is 0 Å². The monoisotopic (exact) mass is 430 g/mol. The first-order chi connectivity index (χ1) is 15.5. The molecule has 4 aromatic heterocycles. The van der Waals surface area contributed by atoms with Gasteiger partial charge in [0.25, 0.3) is 0 Å². The molecule has 0 bridgehead atoms. The number of fused-ring (bicyclic) bond motifs is 1. The number of hydrogen-bond donors (Lipinski definition) is 0. The van der Waals surface area contributed by atoms with Gasteiger partial charge in [0.15, 0.2) is 17.3 Å². The highest BCUT2D eigenvalue weighted by molar-refractivity contribution is 6.01. The lowest BCUT2D eigenvalue weighted by Crippen LogP contribution is -2.12. The van der Waals surface area contributed by atoms with E-state index in [1.807, 2.05) is 30.3 Å². The van der Waals surface area contributed by atoms with E-state index in [0.717, 1.165) is 5.56 Å². The number of pyridine rings is 2. The first-order valence-corrected chi connectivity index (χ1v) is 9.77. The van der Waals surface area contributed by atoms with Crippen molar-refractivity contribution < 1.29 is 13.6 Å². The number of nitrogens with zero attached hydrogens (tertiary/aromatic N) is 6. The summed E-state index contributed by atoms with van der Waals surface area (Å²) in [5.74, 6) is -0.977. The van der Waals surface area contributed by atoms with E-state index < -0.39 is 11.6 Å². The molecule has 7 nitrogen and oxygen atoms in total. The fourth-order valence-electron chi connectivity index (χ4n) is 3.55. The molecule has 5 rings (SSSR count). The molecule has 0 atom stereocenters. The number of carbonyl (C=O) groups excluding carboxylic acids is 1. The maximum atomic E-state index is 14.8. The number of hydrogen-bond acceptors (Lipinski definition) is 5. The molecule has 0 saturated heterocycles. The lowest BCUT2D eigenvalue weighted by molar-refractivity contribution is 0.0983. The maximum absolute atomic E-state index is 14.8. The van der Waals surface area contributed by atoms with Gasteiger partial charge in [-0.3, -0.25) is 14.5 Å². The Hall–Kier alpha value is -4.27. The fraction of sp³-hybridized carbons (Fsp3) is 0.0870. The van der Waals surface area contributed by atoms with E-state index in [0.29, 0.717) is 17.0 Å². The van der Waals surface area contributed by atoms with Gasteiger partial charge in [-0.15, -0.1) is 5.10 Å². The summed E-state index contributed by atoms with van der Waals surface area (Å²) in [5, 5.41) is 8.42. The van der Waals surface area contributed by atoms with Crippen LogP contribution in [0.3, 0.4) is 0 Å². The third-order valence-electron chi connectivity index (χ3n) is 5.09. The Kier molecular flexibility index (Phi) is 4.78. The standard InChI is InChI=1S/C23H16F2N6O/c1-30-22(17(12-27-30)19-11-16(24)7-8-26-19)20(32)9-15-10-21-28-23(14-5-3-2-4-6-14)29-31(21)13-18(15)25/h2-8,10-13H,9H2,1H3. The number of benzene rings is 1. The Morgan fingerprint density at radius 1 is 1.09 bits per heavy atom. The van der Waals surface area contributed by atoms with Crippen LogP contribution in [-0.4, -0.2) is 35.1 Å². The van der Waals surface area contributed by atoms with Crippen LogP contribution in [-0.2, 0) is 13.5 Å². The highest BCUT2D eigenvalue weighted by atomic mass is 19.1. The molecule has 158 valence electrons. The molecule has 0 fully saturated rings. The first kappa shape index (κ1) is 19.7. The average molecular weight is 430 g/mol. The summed E-state index contributed by atoms with van der Waals surface area (Å²) in [7, 11) is 1.60. The van der Waals surface area contributed by atoms with Crippen LogP contribution in [0.5, 0.6) is 0 Å². The normalized spacial score (nSPS) is 11.2. The molecule has 0 saturated carbocycles. The summed E-state index contributed by atoms with van der Waals surface area (Å²) in [6, 6.07) is 13.3. The lowest BCUT2D eigenvalue weighted by Gasteiger charge is -2.07. The van der Waals surface area contributed by atoms with Gasteiger partial charge in [0.1, 0.15) is 17.3 Å². The number of Topliss-reactive ketones (excluding diaryl/α,β-unsaturated/α-hetero) is 1. The van der Waals surface area contributed by atoms with Crippen LogP contribution in [0.25, 0.3) is 28.3 Å². The summed E-state index contributed by atoms with van der Waals surface area (Å²) < 4.78 is 31.2. The molecular formula is C23H16F2N6O. The first-order valence-electron chi connectivity index (χ1n) is 9.77. The Labute approximate surface area is 181 Å². The predicted octanol–water partition coefficient (Wildman–Crippen LogP) is 3.90. The topological polar surface area (TPSA) is 78.0 Å². The Balaban J connectivity index is 1.49. The van der Waals surface area contributed by atoms with Gasteiger partial charge in [-0.2, -0.15) is 5.10 Å². The predicted molar refractivity (Wildman–Crippen MR) is 113 cm³/mol. The summed E-state index contributed by atoms with van der Waals surface area (Å²) in [4.78, 5) is 21.7. The molecule has 0 amide bonds. The minimum absolute atomic E-state index is 0.175. The van der Waals surface area contributed by atoms with Gasteiger partial charge in [-0.25, -0.2) is 18.3 Å². The zero-order valence-electron chi connectivity index (χ0n) is 16.9. The fourth-order valence-corrected chi connectivity index (χ4v) is 3.55. The summed E-state index contributed by atoms with van der Waals surface area (Å²) in [6.07, 6.45) is 3.74. The minimum atomic E-state index is -0.581. The van der Waals surface area contributed by atoms with Gasteiger partial charge in [-0.05, 0) is 12.1 Å². The van der Waals surface area contributed by atoms with E-state index in [-0.39, 0.29) is 29.2 Å². The van der Waals surface area contributed by atoms with Crippen LogP contribution < -0.4 is 0 Å². The molecule has 9 heteroatoms. The molecule has 32 heavy (non-hydrogen) atoms. The van der Waals surface area contributed by atoms with E-state index in [1.165, 1.54) is 46.0 Å². The highest BCUT2D eigenvalue weighted by Gasteiger charge is 2.21. The van der Waals surface area contributed by atoms with Crippen LogP contribution in [0.4, 0.5) is 8.78 Å². The number of halogens is 2. The minimum Gasteiger partial charge on any atom is -0.292 e. The van der Waals surface area contributed by atoms with E-state index in [4.69, 9.17) is 0 Å². The van der Waals surface area contributed by atoms with Crippen LogP contribution in [0, 0.1) is 11.6 Å². The largest absolute Gasteiger partial charge is 0.292 e. The molecule has 5 aromatic rings. The van der Waals surface area contributed by atoms with Crippen molar-refractivity contribution in [2.24, 2.45) is 7.05 Å². The molecule has 0 unspecified atom stereocenters. The number of aromatic nitrogens is 6. The quantitative estimate of drug-likeness (QED) is 0.395. The van der Waals surface area contributed by atoms with Gasteiger partial charge in [-0.1, -0.05) is 30.3 Å². The van der Waals surface area contributed by atoms with Crippen molar-refractivity contribution >= 4 is 11.4 Å². The summed E-state index contributed by atoms with van der Waals surface area (Å²) in [6.45, 7) is 0. The smallest absolute Gasteiger partial charge is 0.186 e. The van der Waals surface area contributed by atoms with E-state index in [9.17, 15) is 13.6 Å². The van der Waals surface area contributed by atoms with Crippen molar-refractivity contribution in [2.75, 3.05) is 0 Å². The molecule has 0 N–H and O–H groups in total. The molecule has 0 radical (unpaired) electrons. The van der Waals surface area contributed by atoms with Crippen LogP contribution >= 0.6 is 0 Å². The lowest BCUT2D eigenvalue weighted by atomic mass is 10.0. The SMILES string of the molecule is Cn1ncc(-c2cc(F)ccn2)c1C(=O)Cc1cc2nc(-c3ccccc3)nn2cc1F. The average Bonchev–Trinajstić information content (AvgIpc) is 3.38. The van der Waals surface area contributed by atoms with E-state index in [1.54, 1.807) is 7.05 Å². The van der Waals surface area contributed by atoms with Crippen LogP contribution in [0.2, 0.25) is 0 Å². The Morgan fingerprint density at radius 3 is 2.69 bits per heavy atom. The molecule has 0 aliphatic carbocycles. The summed E-state index contributed by atoms with van der Waals surface area (Å²) in [5.41, 5.74) is 2.28. The van der Waals surface area contributed by atoms with E-state index in [2.05, 4.69) is 20.2 Å². The Morgan fingerprint density at radius 2 is 1.91 bits per heavy atom. The van der Waals surface area contributed by atoms with Crippen molar-refractivity contribution in [3.63, 3.8) is 0 Å². The van der Waals surface area contributed by atoms with Crippen molar-refractivity contribution in [1.82, 2.24) is 29.4 Å². The van der Waals surface area contributed by atoms with Crippen LogP contribution in [0.1, 0.15) is 16.1 Å².